The molecule has 0 fully saturated rings. The molecule has 3 aromatic rings. The van der Waals surface area contributed by atoms with Gasteiger partial charge < -0.3 is 5.73 Å². The number of nitrogens with zero attached hydrogens (tertiary/aromatic N) is 2. The lowest BCUT2D eigenvalue weighted by atomic mass is 10.1. The zero-order valence-corrected chi connectivity index (χ0v) is 13.1. The molecule has 1 atom stereocenters. The molecular formula is C16H15N3O2S. The number of primary amides is 1. The third-order valence-corrected chi connectivity index (χ3v) is 4.57. The molecule has 0 radical (unpaired) electrons. The van der Waals surface area contributed by atoms with Gasteiger partial charge in [0.15, 0.2) is 0 Å². The summed E-state index contributed by atoms with van der Waals surface area (Å²) in [6, 6.07) is 8.93. The van der Waals surface area contributed by atoms with Gasteiger partial charge in [0.2, 0.25) is 5.91 Å². The van der Waals surface area contributed by atoms with Crippen molar-refractivity contribution in [2.24, 2.45) is 5.73 Å². The normalized spacial score (nSPS) is 12.5. The molecule has 2 aromatic heterocycles. The van der Waals surface area contributed by atoms with Crippen LogP contribution in [0.1, 0.15) is 18.8 Å². The van der Waals surface area contributed by atoms with E-state index < -0.39 is 11.9 Å². The minimum absolute atomic E-state index is 0.228. The molecule has 22 heavy (non-hydrogen) atoms. The number of amides is 1. The maximum absolute atomic E-state index is 12.9. The Balaban J connectivity index is 2.34. The highest BCUT2D eigenvalue weighted by Crippen LogP contribution is 2.31. The van der Waals surface area contributed by atoms with E-state index in [1.54, 1.807) is 13.8 Å². The van der Waals surface area contributed by atoms with Crippen molar-refractivity contribution in [3.05, 3.63) is 51.9 Å². The Morgan fingerprint density at radius 1 is 1.32 bits per heavy atom. The minimum Gasteiger partial charge on any atom is -0.368 e. The van der Waals surface area contributed by atoms with Gasteiger partial charge in [-0.15, -0.1) is 11.3 Å². The number of hydrogen-bond acceptors (Lipinski definition) is 4. The summed E-state index contributed by atoms with van der Waals surface area (Å²) in [6.45, 7) is 3.32. The van der Waals surface area contributed by atoms with Gasteiger partial charge in [0.05, 0.1) is 5.39 Å². The van der Waals surface area contributed by atoms with Crippen LogP contribution in [0.25, 0.3) is 21.3 Å². The fourth-order valence-corrected chi connectivity index (χ4v) is 3.50. The van der Waals surface area contributed by atoms with Gasteiger partial charge in [0.1, 0.15) is 16.7 Å². The van der Waals surface area contributed by atoms with Gasteiger partial charge in [0.25, 0.3) is 5.56 Å². The lowest BCUT2D eigenvalue weighted by molar-refractivity contribution is -0.120. The second kappa shape index (κ2) is 5.38. The number of aromatic nitrogens is 2. The van der Waals surface area contributed by atoms with Crippen molar-refractivity contribution in [2.45, 2.75) is 19.9 Å². The van der Waals surface area contributed by atoms with Gasteiger partial charge in [0, 0.05) is 10.9 Å². The van der Waals surface area contributed by atoms with E-state index in [-0.39, 0.29) is 5.56 Å². The SMILES string of the molecule is Cc1nc2scc(-c3ccccc3)c2c(=O)n1C(C)C(N)=O. The maximum atomic E-state index is 12.9. The maximum Gasteiger partial charge on any atom is 0.263 e. The Bertz CT molecular complexity index is 912. The summed E-state index contributed by atoms with van der Waals surface area (Å²) in [5.74, 6) is -0.0619. The average molecular weight is 313 g/mol. The van der Waals surface area contributed by atoms with Crippen LogP contribution in [0, 0.1) is 6.92 Å². The quantitative estimate of drug-likeness (QED) is 0.807. The third kappa shape index (κ3) is 2.21. The highest BCUT2D eigenvalue weighted by Gasteiger charge is 2.20. The van der Waals surface area contributed by atoms with Crippen LogP contribution in [0.2, 0.25) is 0 Å². The summed E-state index contributed by atoms with van der Waals surface area (Å²) in [4.78, 5) is 29.5. The summed E-state index contributed by atoms with van der Waals surface area (Å²) >= 11 is 1.43. The molecule has 0 aliphatic carbocycles. The van der Waals surface area contributed by atoms with Crippen LogP contribution in [-0.4, -0.2) is 15.5 Å². The molecule has 0 saturated heterocycles. The molecule has 3 rings (SSSR count). The lowest BCUT2D eigenvalue weighted by Gasteiger charge is -2.14. The lowest BCUT2D eigenvalue weighted by Crippen LogP contribution is -2.34. The van der Waals surface area contributed by atoms with Gasteiger partial charge in [-0.05, 0) is 19.4 Å². The zero-order chi connectivity index (χ0) is 15.9. The number of benzene rings is 1. The van der Waals surface area contributed by atoms with Crippen LogP contribution in [-0.2, 0) is 4.79 Å². The molecule has 0 saturated carbocycles. The summed E-state index contributed by atoms with van der Waals surface area (Å²) < 4.78 is 1.36. The van der Waals surface area contributed by atoms with Gasteiger partial charge in [-0.1, -0.05) is 30.3 Å². The Hall–Kier alpha value is -2.47. The smallest absolute Gasteiger partial charge is 0.263 e. The number of thiophene rings is 1. The number of carbonyl (C=O) groups excluding carboxylic acids is 1. The molecule has 112 valence electrons. The minimum atomic E-state index is -0.729. The van der Waals surface area contributed by atoms with E-state index in [1.165, 1.54) is 15.9 Å². The first-order chi connectivity index (χ1) is 10.5. The van der Waals surface area contributed by atoms with Crippen LogP contribution in [0.3, 0.4) is 0 Å². The van der Waals surface area contributed by atoms with E-state index in [2.05, 4.69) is 4.98 Å². The van der Waals surface area contributed by atoms with Crippen molar-refractivity contribution in [3.8, 4) is 11.1 Å². The Morgan fingerprint density at radius 2 is 2.00 bits per heavy atom. The van der Waals surface area contributed by atoms with Crippen LogP contribution in [0.5, 0.6) is 0 Å². The number of rotatable bonds is 3. The van der Waals surface area contributed by atoms with Gasteiger partial charge >= 0.3 is 0 Å². The molecule has 1 amide bonds. The predicted octanol–water partition coefficient (Wildman–Crippen LogP) is 2.48. The first kappa shape index (κ1) is 14.5. The average Bonchev–Trinajstić information content (AvgIpc) is 2.91. The monoisotopic (exact) mass is 313 g/mol. The molecule has 2 heterocycles. The van der Waals surface area contributed by atoms with E-state index in [0.29, 0.717) is 16.0 Å². The first-order valence-corrected chi connectivity index (χ1v) is 7.73. The molecule has 0 bridgehead atoms. The zero-order valence-electron chi connectivity index (χ0n) is 12.2. The van der Waals surface area contributed by atoms with Crippen molar-refractivity contribution in [2.75, 3.05) is 0 Å². The topological polar surface area (TPSA) is 78.0 Å². The van der Waals surface area contributed by atoms with Gasteiger partial charge in [-0.3, -0.25) is 14.2 Å². The van der Waals surface area contributed by atoms with Crippen molar-refractivity contribution in [3.63, 3.8) is 0 Å². The number of fused-ring (bicyclic) bond motifs is 1. The Morgan fingerprint density at radius 3 is 2.64 bits per heavy atom. The number of aryl methyl sites for hydroxylation is 1. The second-order valence-electron chi connectivity index (χ2n) is 5.11. The first-order valence-electron chi connectivity index (χ1n) is 6.85. The summed E-state index contributed by atoms with van der Waals surface area (Å²) in [5.41, 5.74) is 6.91. The molecule has 2 N–H and O–H groups in total. The second-order valence-corrected chi connectivity index (χ2v) is 5.97. The highest BCUT2D eigenvalue weighted by atomic mass is 32.1. The summed E-state index contributed by atoms with van der Waals surface area (Å²) in [7, 11) is 0. The molecule has 6 heteroatoms. The number of carbonyl (C=O) groups is 1. The number of nitrogens with two attached hydrogens (primary N) is 1. The van der Waals surface area contributed by atoms with Gasteiger partial charge in [-0.2, -0.15) is 0 Å². The third-order valence-electron chi connectivity index (χ3n) is 3.70. The Labute approximate surface area is 131 Å². The molecule has 1 unspecified atom stereocenters. The van der Waals surface area contributed by atoms with E-state index >= 15 is 0 Å². The molecule has 0 spiro atoms. The fourth-order valence-electron chi connectivity index (χ4n) is 2.52. The van der Waals surface area contributed by atoms with Crippen molar-refractivity contribution in [1.29, 1.82) is 0 Å². The highest BCUT2D eigenvalue weighted by molar-refractivity contribution is 7.17. The van der Waals surface area contributed by atoms with E-state index in [9.17, 15) is 9.59 Å². The van der Waals surface area contributed by atoms with Crippen molar-refractivity contribution >= 4 is 27.5 Å². The van der Waals surface area contributed by atoms with Crippen LogP contribution in [0.4, 0.5) is 0 Å². The van der Waals surface area contributed by atoms with E-state index in [1.807, 2.05) is 35.7 Å². The van der Waals surface area contributed by atoms with E-state index in [0.717, 1.165) is 11.1 Å². The van der Waals surface area contributed by atoms with Crippen molar-refractivity contribution in [1.82, 2.24) is 9.55 Å². The summed E-state index contributed by atoms with van der Waals surface area (Å²) in [6.07, 6.45) is 0. The van der Waals surface area contributed by atoms with E-state index in [4.69, 9.17) is 5.73 Å². The molecule has 0 aliphatic rings. The predicted molar refractivity (Wildman–Crippen MR) is 88.0 cm³/mol. The molecule has 0 aliphatic heterocycles. The fraction of sp³-hybridized carbons (Fsp3) is 0.188. The largest absolute Gasteiger partial charge is 0.368 e. The molecular weight excluding hydrogens is 298 g/mol. The molecule has 1 aromatic carbocycles. The summed E-state index contributed by atoms with van der Waals surface area (Å²) in [5, 5.41) is 2.46. The van der Waals surface area contributed by atoms with Crippen LogP contribution in [0.15, 0.2) is 40.5 Å². The standard InChI is InChI=1S/C16H15N3O2S/c1-9(14(17)20)19-10(2)18-15-13(16(19)21)12(8-22-15)11-6-4-3-5-7-11/h3-9H,1-2H3,(H2,17,20). The van der Waals surface area contributed by atoms with Crippen LogP contribution < -0.4 is 11.3 Å². The Kier molecular flexibility index (Phi) is 3.54. The van der Waals surface area contributed by atoms with Crippen LogP contribution >= 0.6 is 11.3 Å². The van der Waals surface area contributed by atoms with Crippen molar-refractivity contribution < 1.29 is 4.79 Å². The number of hydrogen-bond donors (Lipinski definition) is 1. The molecule has 5 nitrogen and oxygen atoms in total. The van der Waals surface area contributed by atoms with Gasteiger partial charge in [-0.25, -0.2) is 4.98 Å².